The minimum absolute atomic E-state index is 0. The summed E-state index contributed by atoms with van der Waals surface area (Å²) < 4.78 is 12.8. The van der Waals surface area contributed by atoms with Crippen molar-refractivity contribution in [3.05, 3.63) is 29.3 Å². The molecular formula is C26H46INO3. The van der Waals surface area contributed by atoms with E-state index in [2.05, 4.69) is 73.7 Å². The van der Waals surface area contributed by atoms with E-state index in [0.717, 1.165) is 35.8 Å². The lowest BCUT2D eigenvalue weighted by atomic mass is 9.80. The zero-order valence-corrected chi connectivity index (χ0v) is 23.3. The Morgan fingerprint density at radius 3 is 2.19 bits per heavy atom. The van der Waals surface area contributed by atoms with E-state index in [1.54, 1.807) is 0 Å². The number of piperidine rings is 1. The molecule has 2 rings (SSSR count). The van der Waals surface area contributed by atoms with Crippen LogP contribution >= 0.6 is 0 Å². The maximum Gasteiger partial charge on any atom is 0.126 e. The molecule has 1 aromatic carbocycles. The van der Waals surface area contributed by atoms with Crippen molar-refractivity contribution in [1.82, 2.24) is 0 Å². The van der Waals surface area contributed by atoms with Crippen LogP contribution in [0.1, 0.15) is 72.4 Å². The molecule has 1 fully saturated rings. The normalized spacial score (nSPS) is 23.2. The zero-order valence-electron chi connectivity index (χ0n) is 21.1. The topological polar surface area (TPSA) is 38.7 Å². The van der Waals surface area contributed by atoms with E-state index in [4.69, 9.17) is 9.47 Å². The van der Waals surface area contributed by atoms with Crippen LogP contribution in [0.25, 0.3) is 0 Å². The number of ether oxygens (including phenoxy) is 2. The number of benzene rings is 1. The standard InChI is InChI=1S/C26H46NO3.HI/c1-20-11-13-27(8,14-12-20)18-22(28)19-29-15-16-30-24-10-9-21(25(2,3)4)17-23(24)26(5,6)7;/h9-10,17,20,22,28H,11-16,18-19H2,1-8H3;1H/q+1;/p-1. The number of aliphatic hydroxyl groups is 1. The third-order valence-electron chi connectivity index (χ3n) is 6.42. The molecule has 5 heteroatoms. The van der Waals surface area contributed by atoms with Crippen LogP contribution in [0.2, 0.25) is 0 Å². The fourth-order valence-electron chi connectivity index (χ4n) is 4.20. The van der Waals surface area contributed by atoms with Crippen LogP contribution in [0.15, 0.2) is 18.2 Å². The van der Waals surface area contributed by atoms with Gasteiger partial charge in [-0.2, -0.15) is 0 Å². The van der Waals surface area contributed by atoms with E-state index in [-0.39, 0.29) is 34.8 Å². The first-order chi connectivity index (χ1) is 13.8. The Bertz CT molecular complexity index is 670. The van der Waals surface area contributed by atoms with Crippen molar-refractivity contribution < 1.29 is 43.0 Å². The molecule has 0 bridgehead atoms. The molecule has 0 aliphatic carbocycles. The maximum atomic E-state index is 10.4. The number of nitrogens with zero attached hydrogens (tertiary/aromatic N) is 1. The molecule has 1 aliphatic rings. The Hall–Kier alpha value is -0.370. The Balaban J connectivity index is 0.00000480. The van der Waals surface area contributed by atoms with Gasteiger partial charge in [0.15, 0.2) is 0 Å². The molecule has 1 N–H and O–H groups in total. The molecule has 0 saturated carbocycles. The highest BCUT2D eigenvalue weighted by Crippen LogP contribution is 2.35. The van der Waals surface area contributed by atoms with Gasteiger partial charge in [0.1, 0.15) is 25.0 Å². The molecule has 0 radical (unpaired) electrons. The Kier molecular flexibility index (Phi) is 10.8. The number of quaternary nitrogens is 1. The van der Waals surface area contributed by atoms with E-state index in [9.17, 15) is 5.11 Å². The SMILES string of the molecule is CC1CC[N+](C)(CC(O)COCCOc2ccc(C(C)(C)C)cc2C(C)(C)C)CC1.[I-]. The largest absolute Gasteiger partial charge is 1.00 e. The van der Waals surface area contributed by atoms with Crippen LogP contribution in [0.5, 0.6) is 5.75 Å². The van der Waals surface area contributed by atoms with Crippen molar-refractivity contribution in [2.75, 3.05) is 46.5 Å². The molecule has 180 valence electrons. The van der Waals surface area contributed by atoms with Gasteiger partial charge in [0.2, 0.25) is 0 Å². The Labute approximate surface area is 208 Å². The molecule has 1 aromatic rings. The minimum atomic E-state index is -0.417. The van der Waals surface area contributed by atoms with Gasteiger partial charge in [0, 0.05) is 0 Å². The van der Waals surface area contributed by atoms with Gasteiger partial charge in [-0.05, 0) is 46.8 Å². The van der Waals surface area contributed by atoms with Crippen molar-refractivity contribution in [3.8, 4) is 5.75 Å². The average molecular weight is 548 g/mol. The van der Waals surface area contributed by atoms with Gasteiger partial charge in [-0.3, -0.25) is 0 Å². The molecule has 31 heavy (non-hydrogen) atoms. The monoisotopic (exact) mass is 547 g/mol. The van der Waals surface area contributed by atoms with Crippen LogP contribution in [0, 0.1) is 5.92 Å². The number of rotatable bonds is 8. The second-order valence-electron chi connectivity index (χ2n) is 11.7. The molecule has 1 saturated heterocycles. The molecule has 1 aliphatic heterocycles. The minimum Gasteiger partial charge on any atom is -1.00 e. The van der Waals surface area contributed by atoms with Gasteiger partial charge in [-0.1, -0.05) is 60.6 Å². The fraction of sp³-hybridized carbons (Fsp3) is 0.769. The van der Waals surface area contributed by atoms with Crippen molar-refractivity contribution >= 4 is 0 Å². The summed E-state index contributed by atoms with van der Waals surface area (Å²) in [7, 11) is 2.26. The van der Waals surface area contributed by atoms with Gasteiger partial charge in [-0.25, -0.2) is 0 Å². The summed E-state index contributed by atoms with van der Waals surface area (Å²) in [4.78, 5) is 0. The van der Waals surface area contributed by atoms with Crippen LogP contribution in [0.3, 0.4) is 0 Å². The average Bonchev–Trinajstić information content (AvgIpc) is 2.62. The van der Waals surface area contributed by atoms with Crippen LogP contribution in [-0.4, -0.2) is 62.2 Å². The summed E-state index contributed by atoms with van der Waals surface area (Å²) in [6, 6.07) is 6.54. The summed E-state index contributed by atoms with van der Waals surface area (Å²) in [6.45, 7) is 20.1. The van der Waals surface area contributed by atoms with Gasteiger partial charge in [0.25, 0.3) is 0 Å². The first-order valence-corrected chi connectivity index (χ1v) is 11.7. The van der Waals surface area contributed by atoms with Crippen molar-refractivity contribution in [1.29, 1.82) is 0 Å². The lowest BCUT2D eigenvalue weighted by Gasteiger charge is -2.41. The van der Waals surface area contributed by atoms with Gasteiger partial charge in [0.05, 0.1) is 33.4 Å². The fourth-order valence-corrected chi connectivity index (χ4v) is 4.20. The smallest absolute Gasteiger partial charge is 0.126 e. The molecule has 1 atom stereocenters. The zero-order chi connectivity index (χ0) is 22.6. The van der Waals surface area contributed by atoms with E-state index < -0.39 is 6.10 Å². The van der Waals surface area contributed by atoms with Crippen molar-refractivity contribution in [2.24, 2.45) is 5.92 Å². The predicted octanol–water partition coefficient (Wildman–Crippen LogP) is 1.92. The van der Waals surface area contributed by atoms with Gasteiger partial charge in [-0.15, -0.1) is 0 Å². The first kappa shape index (κ1) is 28.7. The maximum absolute atomic E-state index is 10.4. The van der Waals surface area contributed by atoms with Gasteiger partial charge < -0.3 is 43.0 Å². The molecule has 4 nitrogen and oxygen atoms in total. The van der Waals surface area contributed by atoms with Crippen LogP contribution < -0.4 is 28.7 Å². The summed E-state index contributed by atoms with van der Waals surface area (Å²) in [5.74, 6) is 1.75. The lowest BCUT2D eigenvalue weighted by molar-refractivity contribution is -0.918. The highest BCUT2D eigenvalue weighted by atomic mass is 127. The second-order valence-corrected chi connectivity index (χ2v) is 11.7. The highest BCUT2D eigenvalue weighted by molar-refractivity contribution is 5.43. The summed E-state index contributed by atoms with van der Waals surface area (Å²) in [5, 5.41) is 10.4. The number of likely N-dealkylation sites (N-methyl/N-ethyl adjacent to an activating group) is 1. The van der Waals surface area contributed by atoms with E-state index in [1.165, 1.54) is 24.0 Å². The summed E-state index contributed by atoms with van der Waals surface area (Å²) >= 11 is 0. The molecule has 0 aromatic heterocycles. The number of likely N-dealkylation sites (tertiary alicyclic amines) is 1. The van der Waals surface area contributed by atoms with E-state index in [1.807, 2.05) is 0 Å². The molecule has 0 amide bonds. The van der Waals surface area contributed by atoms with E-state index >= 15 is 0 Å². The number of halogens is 1. The third kappa shape index (κ3) is 9.18. The molecule has 1 unspecified atom stereocenters. The molecule has 1 heterocycles. The molecule has 0 spiro atoms. The Morgan fingerprint density at radius 1 is 1.03 bits per heavy atom. The summed E-state index contributed by atoms with van der Waals surface area (Å²) in [6.07, 6.45) is 2.09. The van der Waals surface area contributed by atoms with E-state index in [0.29, 0.717) is 19.8 Å². The van der Waals surface area contributed by atoms with Crippen molar-refractivity contribution in [2.45, 2.75) is 78.2 Å². The third-order valence-corrected chi connectivity index (χ3v) is 6.42. The Morgan fingerprint density at radius 2 is 1.65 bits per heavy atom. The number of hydrogen-bond acceptors (Lipinski definition) is 3. The lowest BCUT2D eigenvalue weighted by Crippen LogP contribution is -3.00. The summed E-state index contributed by atoms with van der Waals surface area (Å²) in [5.41, 5.74) is 2.68. The first-order valence-electron chi connectivity index (χ1n) is 11.7. The number of aliphatic hydroxyl groups excluding tert-OH is 1. The molecular weight excluding hydrogens is 501 g/mol. The predicted molar refractivity (Wildman–Crippen MR) is 125 cm³/mol. The van der Waals surface area contributed by atoms with Crippen LogP contribution in [-0.2, 0) is 15.6 Å². The highest BCUT2D eigenvalue weighted by Gasteiger charge is 2.30. The van der Waals surface area contributed by atoms with Crippen LogP contribution in [0.4, 0.5) is 0 Å². The second kappa shape index (κ2) is 11.7. The quantitative estimate of drug-likeness (QED) is 0.307. The van der Waals surface area contributed by atoms with Crippen molar-refractivity contribution in [3.63, 3.8) is 0 Å². The number of hydrogen-bond donors (Lipinski definition) is 1. The van der Waals surface area contributed by atoms with Gasteiger partial charge >= 0.3 is 0 Å².